The van der Waals surface area contributed by atoms with Crippen molar-refractivity contribution in [2.24, 2.45) is 0 Å². The maximum absolute atomic E-state index is 10.9. The molecule has 2 rings (SSSR count). The Labute approximate surface area is 114 Å². The molecule has 1 aromatic carbocycles. The Kier molecular flexibility index (Phi) is 4.10. The molecule has 0 radical (unpaired) electrons. The number of carboxylic acids is 1. The molecule has 1 fully saturated rings. The number of nitrogens with one attached hydrogen (secondary N) is 1. The number of nitrogens with zero attached hydrogens (tertiary/aromatic N) is 1. The molecule has 1 saturated heterocycles. The van der Waals surface area contributed by atoms with Crippen molar-refractivity contribution in [1.82, 2.24) is 5.32 Å². The number of hydrogen-bond donors (Lipinski definition) is 2. The van der Waals surface area contributed by atoms with E-state index in [0.29, 0.717) is 6.04 Å². The number of piperazine rings is 1. The lowest BCUT2D eigenvalue weighted by Crippen LogP contribution is -2.56. The molecule has 4 nitrogen and oxygen atoms in total. The Hall–Kier alpha value is -1.55. The third kappa shape index (κ3) is 3.47. The summed E-state index contributed by atoms with van der Waals surface area (Å²) < 4.78 is 0. The van der Waals surface area contributed by atoms with Crippen LogP contribution >= 0.6 is 0 Å². The topological polar surface area (TPSA) is 52.6 Å². The zero-order chi connectivity index (χ0) is 14.0. The Morgan fingerprint density at radius 1 is 1.42 bits per heavy atom. The van der Waals surface area contributed by atoms with Crippen LogP contribution < -0.4 is 10.2 Å². The van der Waals surface area contributed by atoms with Gasteiger partial charge in [-0.3, -0.25) is 4.79 Å². The fourth-order valence-corrected chi connectivity index (χ4v) is 2.87. The monoisotopic (exact) mass is 262 g/mol. The molecule has 0 amide bonds. The summed E-state index contributed by atoms with van der Waals surface area (Å²) >= 11 is 0. The van der Waals surface area contributed by atoms with E-state index < -0.39 is 5.97 Å². The van der Waals surface area contributed by atoms with Gasteiger partial charge in [-0.1, -0.05) is 17.7 Å². The summed E-state index contributed by atoms with van der Waals surface area (Å²) in [5.74, 6) is -0.743. The summed E-state index contributed by atoms with van der Waals surface area (Å²) in [4.78, 5) is 13.2. The predicted molar refractivity (Wildman–Crippen MR) is 76.8 cm³/mol. The van der Waals surface area contributed by atoms with Gasteiger partial charge in [0.2, 0.25) is 0 Å². The fourth-order valence-electron chi connectivity index (χ4n) is 2.87. The van der Waals surface area contributed by atoms with Crippen molar-refractivity contribution in [1.29, 1.82) is 0 Å². The van der Waals surface area contributed by atoms with Crippen molar-refractivity contribution in [2.75, 3.05) is 18.0 Å². The van der Waals surface area contributed by atoms with Gasteiger partial charge in [0.05, 0.1) is 6.42 Å². The first kappa shape index (κ1) is 13.9. The first-order chi connectivity index (χ1) is 8.95. The highest BCUT2D eigenvalue weighted by Gasteiger charge is 2.26. The first-order valence-electron chi connectivity index (χ1n) is 6.75. The summed E-state index contributed by atoms with van der Waals surface area (Å²) in [6.07, 6.45) is 0.172. The molecule has 0 saturated carbocycles. The molecule has 0 bridgehead atoms. The van der Waals surface area contributed by atoms with E-state index in [1.165, 1.54) is 16.8 Å². The van der Waals surface area contributed by atoms with E-state index in [0.717, 1.165) is 13.1 Å². The number of rotatable bonds is 3. The van der Waals surface area contributed by atoms with Crippen LogP contribution in [0.3, 0.4) is 0 Å². The lowest BCUT2D eigenvalue weighted by Gasteiger charge is -2.39. The molecule has 2 atom stereocenters. The van der Waals surface area contributed by atoms with Crippen molar-refractivity contribution in [3.63, 3.8) is 0 Å². The summed E-state index contributed by atoms with van der Waals surface area (Å²) in [6, 6.07) is 6.75. The molecular formula is C15H22N2O2. The lowest BCUT2D eigenvalue weighted by molar-refractivity contribution is -0.137. The van der Waals surface area contributed by atoms with Crippen LogP contribution in [0.5, 0.6) is 0 Å². The van der Waals surface area contributed by atoms with Crippen LogP contribution in [0, 0.1) is 13.8 Å². The van der Waals surface area contributed by atoms with E-state index in [4.69, 9.17) is 5.11 Å². The minimum atomic E-state index is -0.743. The van der Waals surface area contributed by atoms with Gasteiger partial charge in [-0.05, 0) is 32.4 Å². The molecule has 1 aliphatic rings. The molecule has 4 heteroatoms. The maximum Gasteiger partial charge on any atom is 0.304 e. The number of anilines is 1. The van der Waals surface area contributed by atoms with Gasteiger partial charge in [0, 0.05) is 30.9 Å². The Morgan fingerprint density at radius 3 is 2.79 bits per heavy atom. The van der Waals surface area contributed by atoms with Crippen LogP contribution in [0.25, 0.3) is 0 Å². The van der Waals surface area contributed by atoms with Gasteiger partial charge in [-0.15, -0.1) is 0 Å². The van der Waals surface area contributed by atoms with Crippen LogP contribution in [-0.4, -0.2) is 36.2 Å². The van der Waals surface area contributed by atoms with Crippen molar-refractivity contribution in [3.8, 4) is 0 Å². The van der Waals surface area contributed by atoms with Crippen molar-refractivity contribution in [3.05, 3.63) is 29.3 Å². The molecule has 2 N–H and O–H groups in total. The van der Waals surface area contributed by atoms with E-state index >= 15 is 0 Å². The van der Waals surface area contributed by atoms with E-state index in [-0.39, 0.29) is 12.5 Å². The molecular weight excluding hydrogens is 240 g/mol. The molecule has 2 unspecified atom stereocenters. The molecule has 1 heterocycles. The number of benzene rings is 1. The number of carbonyl (C=O) groups is 1. The second-order valence-corrected chi connectivity index (χ2v) is 5.56. The molecule has 0 spiro atoms. The van der Waals surface area contributed by atoms with Gasteiger partial charge in [-0.25, -0.2) is 0 Å². The van der Waals surface area contributed by atoms with Crippen LogP contribution in [-0.2, 0) is 4.79 Å². The average Bonchev–Trinajstić information content (AvgIpc) is 2.26. The Bertz CT molecular complexity index is 473. The van der Waals surface area contributed by atoms with Gasteiger partial charge in [0.1, 0.15) is 0 Å². The normalized spacial score (nSPS) is 23.4. The minimum absolute atomic E-state index is 0.0157. The summed E-state index contributed by atoms with van der Waals surface area (Å²) in [5.41, 5.74) is 3.73. The summed E-state index contributed by atoms with van der Waals surface area (Å²) in [6.45, 7) is 7.97. The predicted octanol–water partition coefficient (Wildman–Crippen LogP) is 1.94. The van der Waals surface area contributed by atoms with Crippen molar-refractivity contribution in [2.45, 2.75) is 39.3 Å². The highest BCUT2D eigenvalue weighted by molar-refractivity contribution is 5.68. The zero-order valence-corrected chi connectivity index (χ0v) is 11.8. The molecule has 104 valence electrons. The Balaban J connectivity index is 2.16. The highest BCUT2D eigenvalue weighted by atomic mass is 16.4. The molecule has 19 heavy (non-hydrogen) atoms. The number of aryl methyl sites for hydroxylation is 2. The lowest BCUT2D eigenvalue weighted by atomic mass is 10.0. The first-order valence-corrected chi connectivity index (χ1v) is 6.75. The average molecular weight is 262 g/mol. The van der Waals surface area contributed by atoms with Crippen molar-refractivity contribution < 1.29 is 9.90 Å². The van der Waals surface area contributed by atoms with Gasteiger partial charge >= 0.3 is 5.97 Å². The Morgan fingerprint density at radius 2 is 2.16 bits per heavy atom. The van der Waals surface area contributed by atoms with E-state index in [1.807, 2.05) is 0 Å². The van der Waals surface area contributed by atoms with Crippen LogP contribution in [0.4, 0.5) is 5.69 Å². The van der Waals surface area contributed by atoms with Gasteiger partial charge in [0.15, 0.2) is 0 Å². The quantitative estimate of drug-likeness (QED) is 0.874. The third-order valence-corrected chi connectivity index (χ3v) is 3.57. The minimum Gasteiger partial charge on any atom is -0.481 e. The standard InChI is InChI=1S/C15H22N2O2/c1-10-4-5-14(11(2)6-10)17-8-12(3)16-13(9-17)7-15(18)19/h4-6,12-13,16H,7-9H2,1-3H3,(H,18,19). The van der Waals surface area contributed by atoms with E-state index in [2.05, 4.69) is 49.2 Å². The smallest absolute Gasteiger partial charge is 0.304 e. The second kappa shape index (κ2) is 5.61. The summed E-state index contributed by atoms with van der Waals surface area (Å²) in [7, 11) is 0. The van der Waals surface area contributed by atoms with Crippen LogP contribution in [0.15, 0.2) is 18.2 Å². The van der Waals surface area contributed by atoms with Gasteiger partial charge in [-0.2, -0.15) is 0 Å². The second-order valence-electron chi connectivity index (χ2n) is 5.56. The maximum atomic E-state index is 10.9. The number of hydrogen-bond acceptors (Lipinski definition) is 3. The van der Waals surface area contributed by atoms with E-state index in [9.17, 15) is 4.79 Å². The van der Waals surface area contributed by atoms with Gasteiger partial charge in [0.25, 0.3) is 0 Å². The molecule has 1 aromatic rings. The molecule has 0 aliphatic carbocycles. The molecule has 0 aromatic heterocycles. The summed E-state index contributed by atoms with van der Waals surface area (Å²) in [5, 5.41) is 12.3. The highest BCUT2D eigenvalue weighted by Crippen LogP contribution is 2.23. The zero-order valence-electron chi connectivity index (χ0n) is 11.8. The largest absolute Gasteiger partial charge is 0.481 e. The third-order valence-electron chi connectivity index (χ3n) is 3.57. The SMILES string of the molecule is Cc1ccc(N2CC(C)NC(CC(=O)O)C2)c(C)c1. The molecule has 1 aliphatic heterocycles. The van der Waals surface area contributed by atoms with Gasteiger partial charge < -0.3 is 15.3 Å². The number of carboxylic acid groups (broad SMARTS) is 1. The van der Waals surface area contributed by atoms with E-state index in [1.54, 1.807) is 0 Å². The van der Waals surface area contributed by atoms with Crippen LogP contribution in [0.2, 0.25) is 0 Å². The van der Waals surface area contributed by atoms with Crippen LogP contribution in [0.1, 0.15) is 24.5 Å². The number of aliphatic carboxylic acids is 1. The fraction of sp³-hybridized carbons (Fsp3) is 0.533. The van der Waals surface area contributed by atoms with Crippen molar-refractivity contribution >= 4 is 11.7 Å².